The van der Waals surface area contributed by atoms with Gasteiger partial charge in [0.25, 0.3) is 0 Å². The van der Waals surface area contributed by atoms with E-state index in [0.717, 1.165) is 30.2 Å². The van der Waals surface area contributed by atoms with Crippen LogP contribution in [0.2, 0.25) is 0 Å². The predicted molar refractivity (Wildman–Crippen MR) is 97.3 cm³/mol. The summed E-state index contributed by atoms with van der Waals surface area (Å²) in [6.07, 6.45) is 4.26. The maximum Gasteiger partial charge on any atom is 0.311 e. The minimum absolute atomic E-state index is 0.0207. The van der Waals surface area contributed by atoms with Crippen LogP contribution in [-0.2, 0) is 6.54 Å². The van der Waals surface area contributed by atoms with E-state index in [4.69, 9.17) is 4.74 Å². The molecule has 2 heterocycles. The Bertz CT molecular complexity index is 745. The molecule has 1 aromatic heterocycles. The molecule has 0 amide bonds. The van der Waals surface area contributed by atoms with E-state index in [1.807, 2.05) is 12.3 Å². The summed E-state index contributed by atoms with van der Waals surface area (Å²) in [6.45, 7) is 4.93. The average molecular weight is 342 g/mol. The van der Waals surface area contributed by atoms with Gasteiger partial charge < -0.3 is 15.0 Å². The standard InChI is InChI=1S/C18H22N4O3/c1-2-25-17-12-15(5-6-16(17)22(23)24)20-13-14-7-8-19-18(11-14)21-9-3-4-10-21/h5-8,11-12,20H,2-4,9-10,13H2,1H3. The second-order valence-corrected chi connectivity index (χ2v) is 5.94. The number of nitro groups is 1. The van der Waals surface area contributed by atoms with E-state index in [-0.39, 0.29) is 11.4 Å². The number of nitrogens with zero attached hydrogens (tertiary/aromatic N) is 3. The third-order valence-electron chi connectivity index (χ3n) is 4.19. The summed E-state index contributed by atoms with van der Waals surface area (Å²) < 4.78 is 5.38. The Kier molecular flexibility index (Phi) is 5.33. The van der Waals surface area contributed by atoms with Crippen molar-refractivity contribution >= 4 is 17.2 Å². The number of pyridine rings is 1. The highest BCUT2D eigenvalue weighted by molar-refractivity contribution is 5.58. The molecule has 1 aliphatic rings. The maximum atomic E-state index is 11.0. The predicted octanol–water partition coefficient (Wildman–Crippen LogP) is 3.60. The summed E-state index contributed by atoms with van der Waals surface area (Å²) in [4.78, 5) is 17.4. The maximum absolute atomic E-state index is 11.0. The number of hydrogen-bond donors (Lipinski definition) is 1. The second kappa shape index (κ2) is 7.83. The van der Waals surface area contributed by atoms with Gasteiger partial charge in [0.1, 0.15) is 5.82 Å². The number of rotatable bonds is 7. The van der Waals surface area contributed by atoms with Crippen molar-refractivity contribution in [1.29, 1.82) is 0 Å². The zero-order chi connectivity index (χ0) is 17.6. The van der Waals surface area contributed by atoms with Crippen LogP contribution in [0.25, 0.3) is 0 Å². The monoisotopic (exact) mass is 342 g/mol. The number of ether oxygens (including phenoxy) is 1. The molecule has 25 heavy (non-hydrogen) atoms. The number of nitrogens with one attached hydrogen (secondary N) is 1. The topological polar surface area (TPSA) is 80.5 Å². The first kappa shape index (κ1) is 17.0. The summed E-state index contributed by atoms with van der Waals surface area (Å²) >= 11 is 0. The highest BCUT2D eigenvalue weighted by atomic mass is 16.6. The molecule has 7 heteroatoms. The van der Waals surface area contributed by atoms with Crippen LogP contribution < -0.4 is 15.0 Å². The van der Waals surface area contributed by atoms with Crippen LogP contribution in [0.5, 0.6) is 5.75 Å². The number of hydrogen-bond acceptors (Lipinski definition) is 6. The van der Waals surface area contributed by atoms with E-state index < -0.39 is 4.92 Å². The minimum Gasteiger partial charge on any atom is -0.487 e. The molecule has 0 bridgehead atoms. The normalized spacial score (nSPS) is 13.7. The van der Waals surface area contributed by atoms with Gasteiger partial charge in [-0.15, -0.1) is 0 Å². The van der Waals surface area contributed by atoms with Gasteiger partial charge in [0, 0.05) is 43.7 Å². The Morgan fingerprint density at radius 2 is 2.08 bits per heavy atom. The lowest BCUT2D eigenvalue weighted by molar-refractivity contribution is -0.385. The summed E-state index contributed by atoms with van der Waals surface area (Å²) in [5, 5.41) is 14.3. The highest BCUT2D eigenvalue weighted by Gasteiger charge is 2.16. The van der Waals surface area contributed by atoms with Gasteiger partial charge in [0.05, 0.1) is 11.5 Å². The summed E-state index contributed by atoms with van der Waals surface area (Å²) in [6, 6.07) is 8.90. The Hall–Kier alpha value is -2.83. The SMILES string of the molecule is CCOc1cc(NCc2ccnc(N3CCCC3)c2)ccc1[N+](=O)[O-]. The zero-order valence-electron chi connectivity index (χ0n) is 14.3. The second-order valence-electron chi connectivity index (χ2n) is 5.94. The molecule has 1 fully saturated rings. The molecule has 0 radical (unpaired) electrons. The lowest BCUT2D eigenvalue weighted by Gasteiger charge is -2.17. The molecule has 1 N–H and O–H groups in total. The summed E-state index contributed by atoms with van der Waals surface area (Å²) in [5.41, 5.74) is 1.88. The van der Waals surface area contributed by atoms with Gasteiger partial charge in [-0.2, -0.15) is 0 Å². The van der Waals surface area contributed by atoms with Crippen molar-refractivity contribution in [2.24, 2.45) is 0 Å². The summed E-state index contributed by atoms with van der Waals surface area (Å²) in [7, 11) is 0. The largest absolute Gasteiger partial charge is 0.487 e. The van der Waals surface area contributed by atoms with E-state index >= 15 is 0 Å². The lowest BCUT2D eigenvalue weighted by atomic mass is 10.2. The fraction of sp³-hybridized carbons (Fsp3) is 0.389. The van der Waals surface area contributed by atoms with Gasteiger partial charge in [-0.1, -0.05) is 0 Å². The van der Waals surface area contributed by atoms with E-state index in [2.05, 4.69) is 21.3 Å². The fourth-order valence-electron chi connectivity index (χ4n) is 2.94. The Morgan fingerprint density at radius 1 is 1.28 bits per heavy atom. The van der Waals surface area contributed by atoms with Gasteiger partial charge in [-0.3, -0.25) is 10.1 Å². The summed E-state index contributed by atoms with van der Waals surface area (Å²) in [5.74, 6) is 1.29. The number of benzene rings is 1. The first-order valence-corrected chi connectivity index (χ1v) is 8.52. The number of anilines is 2. The van der Waals surface area contributed by atoms with Crippen LogP contribution in [-0.4, -0.2) is 29.6 Å². The molecule has 1 aromatic carbocycles. The Balaban J connectivity index is 1.70. The quantitative estimate of drug-likeness (QED) is 0.612. The minimum atomic E-state index is -0.431. The van der Waals surface area contributed by atoms with Crippen molar-refractivity contribution in [3.8, 4) is 5.75 Å². The van der Waals surface area contributed by atoms with E-state index in [1.54, 1.807) is 19.1 Å². The molecule has 0 aliphatic carbocycles. The van der Waals surface area contributed by atoms with Gasteiger partial charge in [0.2, 0.25) is 0 Å². The van der Waals surface area contributed by atoms with Crippen LogP contribution in [0.3, 0.4) is 0 Å². The third kappa shape index (κ3) is 4.17. The zero-order valence-corrected chi connectivity index (χ0v) is 14.3. The smallest absolute Gasteiger partial charge is 0.311 e. The number of aromatic nitrogens is 1. The van der Waals surface area contributed by atoms with Crippen molar-refractivity contribution in [1.82, 2.24) is 4.98 Å². The molecule has 0 saturated carbocycles. The Morgan fingerprint density at radius 3 is 2.80 bits per heavy atom. The molecule has 1 saturated heterocycles. The van der Waals surface area contributed by atoms with Crippen LogP contribution >= 0.6 is 0 Å². The molecule has 132 valence electrons. The molecule has 0 spiro atoms. The number of nitro benzene ring substituents is 1. The fourth-order valence-corrected chi connectivity index (χ4v) is 2.94. The Labute approximate surface area is 146 Å². The molecule has 7 nitrogen and oxygen atoms in total. The molecule has 2 aromatic rings. The first-order valence-electron chi connectivity index (χ1n) is 8.52. The van der Waals surface area contributed by atoms with Crippen molar-refractivity contribution in [2.45, 2.75) is 26.3 Å². The molecular weight excluding hydrogens is 320 g/mol. The van der Waals surface area contributed by atoms with Crippen LogP contribution in [0.15, 0.2) is 36.5 Å². The van der Waals surface area contributed by atoms with Gasteiger partial charge in [-0.25, -0.2) is 4.98 Å². The van der Waals surface area contributed by atoms with E-state index in [9.17, 15) is 10.1 Å². The lowest BCUT2D eigenvalue weighted by Crippen LogP contribution is -2.19. The average Bonchev–Trinajstić information content (AvgIpc) is 3.15. The molecule has 1 aliphatic heterocycles. The van der Waals surface area contributed by atoms with E-state index in [0.29, 0.717) is 13.2 Å². The van der Waals surface area contributed by atoms with Crippen LogP contribution in [0.4, 0.5) is 17.2 Å². The van der Waals surface area contributed by atoms with Crippen molar-refractivity contribution in [2.75, 3.05) is 29.9 Å². The van der Waals surface area contributed by atoms with E-state index in [1.165, 1.54) is 18.9 Å². The third-order valence-corrected chi connectivity index (χ3v) is 4.19. The van der Waals surface area contributed by atoms with Gasteiger partial charge in [-0.05, 0) is 43.5 Å². The van der Waals surface area contributed by atoms with Crippen LogP contribution in [0.1, 0.15) is 25.3 Å². The highest BCUT2D eigenvalue weighted by Crippen LogP contribution is 2.30. The van der Waals surface area contributed by atoms with Crippen molar-refractivity contribution < 1.29 is 9.66 Å². The van der Waals surface area contributed by atoms with Gasteiger partial charge in [0.15, 0.2) is 5.75 Å². The van der Waals surface area contributed by atoms with Crippen molar-refractivity contribution in [3.05, 3.63) is 52.2 Å². The molecular formula is C18H22N4O3. The van der Waals surface area contributed by atoms with Gasteiger partial charge >= 0.3 is 5.69 Å². The molecule has 0 unspecified atom stereocenters. The van der Waals surface area contributed by atoms with Crippen molar-refractivity contribution in [3.63, 3.8) is 0 Å². The van der Waals surface area contributed by atoms with Crippen LogP contribution in [0, 0.1) is 10.1 Å². The molecule has 3 rings (SSSR count). The molecule has 0 atom stereocenters. The first-order chi connectivity index (χ1) is 12.2.